The van der Waals surface area contributed by atoms with E-state index in [9.17, 15) is 4.79 Å². The molecule has 1 amide bonds. The summed E-state index contributed by atoms with van der Waals surface area (Å²) in [5.41, 5.74) is 1.22. The van der Waals surface area contributed by atoms with Gasteiger partial charge in [0.25, 0.3) is 5.91 Å². The molecule has 0 aromatic carbocycles. The number of carbonyl (C=O) groups excluding carboxylic acids is 1. The van der Waals surface area contributed by atoms with Crippen LogP contribution in [-0.2, 0) is 4.74 Å². The summed E-state index contributed by atoms with van der Waals surface area (Å²) < 4.78 is 4.96. The number of ether oxygens (including phenoxy) is 1. The first-order valence-electron chi connectivity index (χ1n) is 6.32. The Morgan fingerprint density at radius 2 is 2.32 bits per heavy atom. The van der Waals surface area contributed by atoms with Crippen molar-refractivity contribution in [2.24, 2.45) is 0 Å². The third-order valence-electron chi connectivity index (χ3n) is 2.58. The molecule has 0 atom stereocenters. The van der Waals surface area contributed by atoms with Crippen LogP contribution in [-0.4, -0.2) is 60.9 Å². The number of anilines is 1. The summed E-state index contributed by atoms with van der Waals surface area (Å²) in [7, 11) is 1.58. The Kier molecular flexibility index (Phi) is 6.84. The molecule has 0 bridgehead atoms. The van der Waals surface area contributed by atoms with E-state index in [0.29, 0.717) is 18.8 Å². The van der Waals surface area contributed by atoms with Crippen LogP contribution in [0.3, 0.4) is 0 Å². The van der Waals surface area contributed by atoms with Crippen molar-refractivity contribution in [2.45, 2.75) is 6.92 Å². The van der Waals surface area contributed by atoms with Gasteiger partial charge in [-0.25, -0.2) is 0 Å². The molecule has 1 aromatic heterocycles. The van der Waals surface area contributed by atoms with E-state index in [2.05, 4.69) is 10.3 Å². The molecular formula is C13H21N3O3. The largest absolute Gasteiger partial charge is 0.395 e. The molecule has 6 nitrogen and oxygen atoms in total. The summed E-state index contributed by atoms with van der Waals surface area (Å²) in [6.45, 7) is 3.82. The van der Waals surface area contributed by atoms with Gasteiger partial charge in [0.2, 0.25) is 0 Å². The lowest BCUT2D eigenvalue weighted by Crippen LogP contribution is -2.36. The molecule has 2 N–H and O–H groups in total. The van der Waals surface area contributed by atoms with Crippen LogP contribution in [0.5, 0.6) is 0 Å². The lowest BCUT2D eigenvalue weighted by atomic mass is 10.2. The Labute approximate surface area is 113 Å². The average molecular weight is 267 g/mol. The predicted molar refractivity (Wildman–Crippen MR) is 73.3 cm³/mol. The van der Waals surface area contributed by atoms with Gasteiger partial charge < -0.3 is 20.1 Å². The third-order valence-corrected chi connectivity index (χ3v) is 2.58. The minimum atomic E-state index is -0.203. The summed E-state index contributed by atoms with van der Waals surface area (Å²) in [6.07, 6.45) is 1.60. The highest BCUT2D eigenvalue weighted by Crippen LogP contribution is 2.10. The van der Waals surface area contributed by atoms with Crippen molar-refractivity contribution in [3.05, 3.63) is 24.0 Å². The van der Waals surface area contributed by atoms with Crippen molar-refractivity contribution in [2.75, 3.05) is 45.3 Å². The number of aliphatic hydroxyl groups excluding tert-OH is 1. The minimum Gasteiger partial charge on any atom is -0.395 e. The molecule has 0 aliphatic rings. The molecule has 106 valence electrons. The second-order valence-corrected chi connectivity index (χ2v) is 3.97. The lowest BCUT2D eigenvalue weighted by Gasteiger charge is -2.21. The number of carbonyl (C=O) groups is 1. The quantitative estimate of drug-likeness (QED) is 0.721. The summed E-state index contributed by atoms with van der Waals surface area (Å²) >= 11 is 0. The summed E-state index contributed by atoms with van der Waals surface area (Å²) in [6, 6.07) is 3.52. The standard InChI is InChI=1S/C13H21N3O3/c1-3-14-11-4-5-15-12(10-11)13(18)16(6-8-17)7-9-19-2/h4-5,10,17H,3,6-9H2,1-2H3,(H,14,15). The van der Waals surface area contributed by atoms with Gasteiger partial charge in [-0.15, -0.1) is 0 Å². The fraction of sp³-hybridized carbons (Fsp3) is 0.538. The number of aromatic nitrogens is 1. The molecule has 0 unspecified atom stereocenters. The second-order valence-electron chi connectivity index (χ2n) is 3.97. The first kappa shape index (κ1) is 15.4. The van der Waals surface area contributed by atoms with E-state index in [1.54, 1.807) is 19.4 Å². The fourth-order valence-corrected chi connectivity index (χ4v) is 1.66. The number of nitrogens with zero attached hydrogens (tertiary/aromatic N) is 2. The topological polar surface area (TPSA) is 74.7 Å². The summed E-state index contributed by atoms with van der Waals surface area (Å²) in [5.74, 6) is -0.203. The second kappa shape index (κ2) is 8.44. The van der Waals surface area contributed by atoms with Crippen LogP contribution in [0.2, 0.25) is 0 Å². The predicted octanol–water partition coefficient (Wildman–Crippen LogP) is 0.594. The highest BCUT2D eigenvalue weighted by molar-refractivity contribution is 5.93. The lowest BCUT2D eigenvalue weighted by molar-refractivity contribution is 0.0651. The van der Waals surface area contributed by atoms with E-state index >= 15 is 0 Å². The van der Waals surface area contributed by atoms with Crippen LogP contribution >= 0.6 is 0 Å². The summed E-state index contributed by atoms with van der Waals surface area (Å²) in [4.78, 5) is 17.9. The van der Waals surface area contributed by atoms with Crippen molar-refractivity contribution in [3.8, 4) is 0 Å². The highest BCUT2D eigenvalue weighted by atomic mass is 16.5. The zero-order valence-corrected chi connectivity index (χ0v) is 11.4. The van der Waals surface area contributed by atoms with Crippen molar-refractivity contribution < 1.29 is 14.6 Å². The third kappa shape index (κ3) is 4.84. The van der Waals surface area contributed by atoms with Gasteiger partial charge in [-0.1, -0.05) is 0 Å². The molecule has 19 heavy (non-hydrogen) atoms. The molecule has 0 saturated carbocycles. The molecule has 0 saturated heterocycles. The van der Waals surface area contributed by atoms with Crippen LogP contribution in [0.4, 0.5) is 5.69 Å². The Hall–Kier alpha value is -1.66. The van der Waals surface area contributed by atoms with E-state index in [0.717, 1.165) is 12.2 Å². The molecule has 1 aromatic rings. The molecule has 0 spiro atoms. The Morgan fingerprint density at radius 1 is 1.53 bits per heavy atom. The SMILES string of the molecule is CCNc1ccnc(C(=O)N(CCO)CCOC)c1. The van der Waals surface area contributed by atoms with Gasteiger partial charge in [-0.2, -0.15) is 0 Å². The molecule has 0 fully saturated rings. The van der Waals surface area contributed by atoms with E-state index in [-0.39, 0.29) is 19.1 Å². The molecule has 0 aliphatic carbocycles. The van der Waals surface area contributed by atoms with Crippen LogP contribution < -0.4 is 5.32 Å². The normalized spacial score (nSPS) is 10.3. The number of nitrogens with one attached hydrogen (secondary N) is 1. The zero-order chi connectivity index (χ0) is 14.1. The Bertz CT molecular complexity index is 398. The summed E-state index contributed by atoms with van der Waals surface area (Å²) in [5, 5.41) is 12.1. The van der Waals surface area contributed by atoms with Gasteiger partial charge in [-0.3, -0.25) is 9.78 Å². The van der Waals surface area contributed by atoms with Gasteiger partial charge in [0.15, 0.2) is 0 Å². The number of aliphatic hydroxyl groups is 1. The van der Waals surface area contributed by atoms with E-state index in [4.69, 9.17) is 9.84 Å². The number of amides is 1. The van der Waals surface area contributed by atoms with Crippen LogP contribution in [0.25, 0.3) is 0 Å². The Balaban J connectivity index is 2.79. The van der Waals surface area contributed by atoms with Gasteiger partial charge in [0, 0.05) is 38.6 Å². The van der Waals surface area contributed by atoms with E-state index < -0.39 is 0 Å². The van der Waals surface area contributed by atoms with Crippen molar-refractivity contribution in [3.63, 3.8) is 0 Å². The maximum absolute atomic E-state index is 12.3. The monoisotopic (exact) mass is 267 g/mol. The van der Waals surface area contributed by atoms with Gasteiger partial charge in [0.1, 0.15) is 5.69 Å². The molecule has 6 heteroatoms. The Morgan fingerprint density at radius 3 is 2.95 bits per heavy atom. The number of hydrogen-bond acceptors (Lipinski definition) is 5. The smallest absolute Gasteiger partial charge is 0.272 e. The van der Waals surface area contributed by atoms with Gasteiger partial charge in [-0.05, 0) is 19.1 Å². The minimum absolute atomic E-state index is 0.0810. The average Bonchev–Trinajstić information content (AvgIpc) is 2.43. The number of hydrogen-bond donors (Lipinski definition) is 2. The van der Waals surface area contributed by atoms with Crippen LogP contribution in [0.1, 0.15) is 17.4 Å². The molecule has 1 rings (SSSR count). The maximum atomic E-state index is 12.3. The molecule has 1 heterocycles. The highest BCUT2D eigenvalue weighted by Gasteiger charge is 2.16. The fourth-order valence-electron chi connectivity index (χ4n) is 1.66. The van der Waals surface area contributed by atoms with Crippen molar-refractivity contribution in [1.29, 1.82) is 0 Å². The van der Waals surface area contributed by atoms with E-state index in [1.807, 2.05) is 13.0 Å². The van der Waals surface area contributed by atoms with E-state index in [1.165, 1.54) is 4.90 Å². The first-order chi connectivity index (χ1) is 9.22. The van der Waals surface area contributed by atoms with Crippen LogP contribution in [0, 0.1) is 0 Å². The molecule has 0 aliphatic heterocycles. The number of pyridine rings is 1. The number of rotatable bonds is 8. The van der Waals surface area contributed by atoms with Gasteiger partial charge in [0.05, 0.1) is 13.2 Å². The molecular weight excluding hydrogens is 246 g/mol. The maximum Gasteiger partial charge on any atom is 0.272 e. The first-order valence-corrected chi connectivity index (χ1v) is 6.32. The molecule has 0 radical (unpaired) electrons. The van der Waals surface area contributed by atoms with Crippen molar-refractivity contribution >= 4 is 11.6 Å². The zero-order valence-electron chi connectivity index (χ0n) is 11.4. The van der Waals surface area contributed by atoms with Crippen molar-refractivity contribution in [1.82, 2.24) is 9.88 Å². The van der Waals surface area contributed by atoms with Crippen LogP contribution in [0.15, 0.2) is 18.3 Å². The van der Waals surface area contributed by atoms with Gasteiger partial charge >= 0.3 is 0 Å². The number of methoxy groups -OCH3 is 1.